The van der Waals surface area contributed by atoms with Gasteiger partial charge in [-0.3, -0.25) is 0 Å². The molecule has 0 atom stereocenters. The Bertz CT molecular complexity index is 592. The Morgan fingerprint density at radius 3 is 2.63 bits per heavy atom. The van der Waals surface area contributed by atoms with Crippen LogP contribution in [0.1, 0.15) is 6.92 Å². The van der Waals surface area contributed by atoms with Crippen LogP contribution in [0.2, 0.25) is 0 Å². The van der Waals surface area contributed by atoms with Crippen molar-refractivity contribution in [2.45, 2.75) is 11.8 Å². The molecule has 0 radical (unpaired) electrons. The third-order valence-corrected chi connectivity index (χ3v) is 3.86. The lowest BCUT2D eigenvalue weighted by atomic mass is 10.4. The summed E-state index contributed by atoms with van der Waals surface area (Å²) >= 11 is 0. The maximum absolute atomic E-state index is 13.1. The topological polar surface area (TPSA) is 69.7 Å². The molecule has 19 heavy (non-hydrogen) atoms. The summed E-state index contributed by atoms with van der Waals surface area (Å²) in [6, 6.07) is 4.33. The van der Waals surface area contributed by atoms with Crippen LogP contribution in [0.15, 0.2) is 40.3 Å². The molecule has 0 aliphatic carbocycles. The van der Waals surface area contributed by atoms with Crippen molar-refractivity contribution in [3.05, 3.63) is 41.2 Å². The number of methoxy groups -OCH3 is 1. The molecule has 0 spiro atoms. The van der Waals surface area contributed by atoms with Crippen LogP contribution in [-0.2, 0) is 24.1 Å². The van der Waals surface area contributed by atoms with Gasteiger partial charge in [0, 0.05) is 0 Å². The molecule has 104 valence electrons. The zero-order chi connectivity index (χ0) is 14.5. The second kappa shape index (κ2) is 6.33. The quantitative estimate of drug-likeness (QED) is 0.468. The van der Waals surface area contributed by atoms with Gasteiger partial charge in [-0.05, 0) is 25.1 Å². The van der Waals surface area contributed by atoms with Gasteiger partial charge in [0.05, 0.1) is 18.6 Å². The Balaban J connectivity index is 3.32. The maximum Gasteiger partial charge on any atom is 0.353 e. The number of benzene rings is 1. The van der Waals surface area contributed by atoms with Gasteiger partial charge in [-0.25, -0.2) is 17.6 Å². The second-order valence-corrected chi connectivity index (χ2v) is 5.31. The Morgan fingerprint density at radius 1 is 1.42 bits per heavy atom. The van der Waals surface area contributed by atoms with Crippen LogP contribution in [0.25, 0.3) is 0 Å². The zero-order valence-electron chi connectivity index (χ0n) is 10.4. The standard InChI is InChI=1S/C12H13FO5S/c1-3-18-8-11(12(14)17-2)19(15,16)10-6-4-5-9(13)7-10/h4-8H,3H2,1-2H3. The molecule has 7 heteroatoms. The maximum atomic E-state index is 13.1. The number of carbonyl (C=O) groups is 1. The molecule has 0 unspecified atom stereocenters. The molecule has 1 rings (SSSR count). The second-order valence-electron chi connectivity index (χ2n) is 3.39. The van der Waals surface area contributed by atoms with Crippen molar-refractivity contribution in [3.63, 3.8) is 0 Å². The summed E-state index contributed by atoms with van der Waals surface area (Å²) in [5, 5.41) is 0. The van der Waals surface area contributed by atoms with Crippen LogP contribution in [-0.4, -0.2) is 28.1 Å². The molecule has 0 saturated heterocycles. The van der Waals surface area contributed by atoms with Crippen molar-refractivity contribution in [2.24, 2.45) is 0 Å². The highest BCUT2D eigenvalue weighted by atomic mass is 32.2. The van der Waals surface area contributed by atoms with E-state index < -0.39 is 26.5 Å². The van der Waals surface area contributed by atoms with Gasteiger partial charge in [0.15, 0.2) is 4.91 Å². The van der Waals surface area contributed by atoms with Gasteiger partial charge < -0.3 is 9.47 Å². The van der Waals surface area contributed by atoms with Gasteiger partial charge in [-0.15, -0.1) is 0 Å². The largest absolute Gasteiger partial charge is 0.500 e. The first-order chi connectivity index (χ1) is 8.93. The van der Waals surface area contributed by atoms with Gasteiger partial charge in [0.1, 0.15) is 12.1 Å². The van der Waals surface area contributed by atoms with Gasteiger partial charge in [0.2, 0.25) is 9.84 Å². The number of ether oxygens (including phenoxy) is 2. The minimum absolute atomic E-state index is 0.180. The summed E-state index contributed by atoms with van der Waals surface area (Å²) in [5.74, 6) is -1.79. The fourth-order valence-corrected chi connectivity index (χ4v) is 2.52. The van der Waals surface area contributed by atoms with E-state index in [1.54, 1.807) is 6.92 Å². The van der Waals surface area contributed by atoms with Crippen LogP contribution in [0.4, 0.5) is 4.39 Å². The molecule has 0 bridgehead atoms. The highest BCUT2D eigenvalue weighted by Gasteiger charge is 2.29. The first-order valence-electron chi connectivity index (χ1n) is 5.34. The monoisotopic (exact) mass is 288 g/mol. The lowest BCUT2D eigenvalue weighted by Crippen LogP contribution is -2.16. The van der Waals surface area contributed by atoms with Crippen LogP contribution < -0.4 is 0 Å². The van der Waals surface area contributed by atoms with Gasteiger partial charge in [0.25, 0.3) is 0 Å². The van der Waals surface area contributed by atoms with Gasteiger partial charge in [-0.2, -0.15) is 0 Å². The minimum atomic E-state index is -4.19. The highest BCUT2D eigenvalue weighted by Crippen LogP contribution is 2.21. The van der Waals surface area contributed by atoms with Gasteiger partial charge >= 0.3 is 5.97 Å². The number of halogens is 1. The zero-order valence-corrected chi connectivity index (χ0v) is 11.2. The number of rotatable bonds is 5. The van der Waals surface area contributed by atoms with Crippen molar-refractivity contribution in [1.29, 1.82) is 0 Å². The molecular formula is C12H13FO5S. The molecule has 1 aromatic rings. The average molecular weight is 288 g/mol. The third kappa shape index (κ3) is 3.54. The van der Waals surface area contributed by atoms with Crippen LogP contribution in [0, 0.1) is 5.82 Å². The molecule has 0 saturated carbocycles. The summed E-state index contributed by atoms with van der Waals surface area (Å²) in [6.07, 6.45) is 0.798. The van der Waals surface area contributed by atoms with E-state index in [0.29, 0.717) is 0 Å². The third-order valence-electron chi connectivity index (χ3n) is 2.14. The molecule has 1 aromatic carbocycles. The van der Waals surface area contributed by atoms with Crippen LogP contribution >= 0.6 is 0 Å². The molecule has 0 N–H and O–H groups in total. The van der Waals surface area contributed by atoms with E-state index >= 15 is 0 Å². The molecule has 0 heterocycles. The molecule has 0 amide bonds. The predicted molar refractivity (Wildman–Crippen MR) is 65.3 cm³/mol. The van der Waals surface area contributed by atoms with E-state index in [1.807, 2.05) is 0 Å². The Labute approximate surface area is 110 Å². The lowest BCUT2D eigenvalue weighted by Gasteiger charge is -2.07. The molecule has 0 aromatic heterocycles. The summed E-state index contributed by atoms with van der Waals surface area (Å²) in [7, 11) is -3.14. The minimum Gasteiger partial charge on any atom is -0.500 e. The van der Waals surface area contributed by atoms with Crippen molar-refractivity contribution < 1.29 is 27.1 Å². The van der Waals surface area contributed by atoms with E-state index in [-0.39, 0.29) is 11.5 Å². The van der Waals surface area contributed by atoms with Crippen molar-refractivity contribution in [3.8, 4) is 0 Å². The van der Waals surface area contributed by atoms with E-state index in [2.05, 4.69) is 4.74 Å². The summed E-state index contributed by atoms with van der Waals surface area (Å²) in [5.41, 5.74) is 0. The normalized spacial score (nSPS) is 12.1. The fraction of sp³-hybridized carbons (Fsp3) is 0.250. The van der Waals surface area contributed by atoms with E-state index in [9.17, 15) is 17.6 Å². The smallest absolute Gasteiger partial charge is 0.353 e. The first kappa shape index (κ1) is 15.2. The number of carbonyl (C=O) groups excluding carboxylic acids is 1. The van der Waals surface area contributed by atoms with Crippen LogP contribution in [0.5, 0.6) is 0 Å². The number of sulfone groups is 1. The summed E-state index contributed by atoms with van der Waals surface area (Å²) in [6.45, 7) is 1.80. The number of hydrogen-bond acceptors (Lipinski definition) is 5. The van der Waals surface area contributed by atoms with E-state index in [0.717, 1.165) is 25.5 Å². The lowest BCUT2D eigenvalue weighted by molar-refractivity contribution is -0.135. The predicted octanol–water partition coefficient (Wildman–Crippen LogP) is 1.65. The van der Waals surface area contributed by atoms with E-state index in [4.69, 9.17) is 4.74 Å². The van der Waals surface area contributed by atoms with Gasteiger partial charge in [-0.1, -0.05) is 6.07 Å². The average Bonchev–Trinajstić information content (AvgIpc) is 2.38. The first-order valence-corrected chi connectivity index (χ1v) is 6.82. The SMILES string of the molecule is CCOC=C(C(=O)OC)S(=O)(=O)c1cccc(F)c1. The van der Waals surface area contributed by atoms with Crippen molar-refractivity contribution in [2.75, 3.05) is 13.7 Å². The summed E-state index contributed by atoms with van der Waals surface area (Å²) in [4.78, 5) is 10.5. The van der Waals surface area contributed by atoms with Crippen LogP contribution in [0.3, 0.4) is 0 Å². The molecule has 0 aliphatic heterocycles. The Kier molecular flexibility index (Phi) is 5.05. The molecule has 5 nitrogen and oxygen atoms in total. The highest BCUT2D eigenvalue weighted by molar-refractivity contribution is 7.96. The van der Waals surface area contributed by atoms with Crippen molar-refractivity contribution >= 4 is 15.8 Å². The number of hydrogen-bond donors (Lipinski definition) is 0. The Morgan fingerprint density at radius 2 is 2.11 bits per heavy atom. The summed E-state index contributed by atoms with van der Waals surface area (Å²) < 4.78 is 46.6. The van der Waals surface area contributed by atoms with E-state index in [1.165, 1.54) is 12.1 Å². The molecule has 0 fully saturated rings. The fourth-order valence-electron chi connectivity index (χ4n) is 1.24. The molecule has 0 aliphatic rings. The number of esters is 1. The molecular weight excluding hydrogens is 275 g/mol. The van der Waals surface area contributed by atoms with Crippen molar-refractivity contribution in [1.82, 2.24) is 0 Å². The Hall–Kier alpha value is -1.89.